The average molecular weight is 379 g/mol. The average Bonchev–Trinajstić information content (AvgIpc) is 2.97. The number of rotatable bonds is 8. The minimum atomic E-state index is -1.90. The van der Waals surface area contributed by atoms with Gasteiger partial charge >= 0.3 is 25.6 Å². The summed E-state index contributed by atoms with van der Waals surface area (Å²) in [6, 6.07) is 4.70. The highest BCUT2D eigenvalue weighted by Gasteiger charge is 2.44. The number of benzene rings is 1. The maximum Gasteiger partial charge on any atom is 0.575 e. The Hall–Kier alpha value is -2.75. The van der Waals surface area contributed by atoms with Crippen LogP contribution in [-0.2, 0) is 23.6 Å². The van der Waals surface area contributed by atoms with Crippen LogP contribution in [0.15, 0.2) is 18.2 Å². The lowest BCUT2D eigenvalue weighted by molar-refractivity contribution is -0.158. The summed E-state index contributed by atoms with van der Waals surface area (Å²) in [5, 5.41) is 9.34. The fourth-order valence-corrected chi connectivity index (χ4v) is 2.29. The first kappa shape index (κ1) is 20.6. The van der Waals surface area contributed by atoms with E-state index in [-0.39, 0.29) is 29.3 Å². The van der Waals surface area contributed by atoms with Crippen molar-refractivity contribution < 1.29 is 43.0 Å². The van der Waals surface area contributed by atoms with E-state index in [0.29, 0.717) is 7.69 Å². The highest BCUT2D eigenvalue weighted by molar-refractivity contribution is 6.26. The summed E-state index contributed by atoms with van der Waals surface area (Å²) in [7, 11) is 0.694. The molecule has 2 atom stereocenters. The molecule has 1 heterocycles. The van der Waals surface area contributed by atoms with E-state index < -0.39 is 30.1 Å². The minimum absolute atomic E-state index is 0.0820. The number of ether oxygens (including phenoxy) is 3. The Morgan fingerprint density at radius 2 is 1.67 bits per heavy atom. The van der Waals surface area contributed by atoms with Crippen molar-refractivity contribution in [2.24, 2.45) is 0 Å². The quantitative estimate of drug-likeness (QED) is 0.527. The second kappa shape index (κ2) is 8.76. The number of carbonyl (C=O) groups is 3. The summed E-state index contributed by atoms with van der Waals surface area (Å²) < 4.78 is 25.5. The third kappa shape index (κ3) is 5.13. The molecule has 0 amide bonds. The van der Waals surface area contributed by atoms with Crippen molar-refractivity contribution in [3.8, 4) is 11.5 Å². The standard InChI is InChI=1S/C17H20BO9/c1-8(2)23-10-6-5-7-11(24-9(3)4)12(10)16(21)25-13(15(19)20)14-17(22)27-18-26-14/h5-9,13-14H,1-4H3,(H,19,20)/t13-,14-/m1/s1. The lowest BCUT2D eigenvalue weighted by atomic mass is 10.1. The normalized spacial score (nSPS) is 17.3. The van der Waals surface area contributed by atoms with Crippen LogP contribution in [0.25, 0.3) is 0 Å². The van der Waals surface area contributed by atoms with Gasteiger partial charge in [-0.25, -0.2) is 9.59 Å². The Balaban J connectivity index is 2.36. The maximum atomic E-state index is 12.8. The van der Waals surface area contributed by atoms with Crippen molar-refractivity contribution in [2.45, 2.75) is 52.1 Å². The van der Waals surface area contributed by atoms with E-state index in [4.69, 9.17) is 18.9 Å². The minimum Gasteiger partial charge on any atom is -0.509 e. The van der Waals surface area contributed by atoms with E-state index in [9.17, 15) is 19.5 Å². The Morgan fingerprint density at radius 1 is 1.11 bits per heavy atom. The van der Waals surface area contributed by atoms with Crippen LogP contribution < -0.4 is 9.47 Å². The fourth-order valence-electron chi connectivity index (χ4n) is 2.29. The molecular weight excluding hydrogens is 359 g/mol. The number of hydrogen-bond donors (Lipinski definition) is 1. The number of carbonyl (C=O) groups excluding carboxylic acids is 2. The molecule has 1 radical (unpaired) electrons. The third-order valence-electron chi connectivity index (χ3n) is 3.27. The largest absolute Gasteiger partial charge is 0.575 e. The molecule has 0 spiro atoms. The van der Waals surface area contributed by atoms with E-state index in [2.05, 4.69) is 4.65 Å². The van der Waals surface area contributed by atoms with Gasteiger partial charge in [0.2, 0.25) is 6.10 Å². The zero-order chi connectivity index (χ0) is 20.1. The van der Waals surface area contributed by atoms with Crippen LogP contribution in [0.2, 0.25) is 0 Å². The van der Waals surface area contributed by atoms with Gasteiger partial charge in [0.15, 0.2) is 6.10 Å². The SMILES string of the molecule is CC(C)Oc1cccc(OC(C)C)c1C(=O)O[C@@H](C(=O)O)[C@H]1O[B]OC1=O. The van der Waals surface area contributed by atoms with Gasteiger partial charge in [-0.2, -0.15) is 0 Å². The van der Waals surface area contributed by atoms with Gasteiger partial charge in [0, 0.05) is 0 Å². The van der Waals surface area contributed by atoms with Gasteiger partial charge in [0.1, 0.15) is 17.1 Å². The molecule has 1 fully saturated rings. The molecule has 1 saturated heterocycles. The van der Waals surface area contributed by atoms with Crippen LogP contribution in [-0.4, -0.2) is 55.1 Å². The third-order valence-corrected chi connectivity index (χ3v) is 3.27. The first-order valence-corrected chi connectivity index (χ1v) is 8.28. The molecule has 145 valence electrons. The van der Waals surface area contributed by atoms with E-state index in [1.807, 2.05) is 0 Å². The van der Waals surface area contributed by atoms with Crippen molar-refractivity contribution in [2.75, 3.05) is 0 Å². The molecule has 9 nitrogen and oxygen atoms in total. The van der Waals surface area contributed by atoms with Crippen molar-refractivity contribution in [1.29, 1.82) is 0 Å². The van der Waals surface area contributed by atoms with Crippen molar-refractivity contribution >= 4 is 25.6 Å². The van der Waals surface area contributed by atoms with Crippen molar-refractivity contribution in [3.63, 3.8) is 0 Å². The zero-order valence-electron chi connectivity index (χ0n) is 15.3. The van der Waals surface area contributed by atoms with Crippen LogP contribution in [0, 0.1) is 0 Å². The molecule has 0 unspecified atom stereocenters. The van der Waals surface area contributed by atoms with E-state index in [1.165, 1.54) is 12.1 Å². The van der Waals surface area contributed by atoms with Gasteiger partial charge < -0.3 is 28.6 Å². The predicted molar refractivity (Wildman–Crippen MR) is 91.5 cm³/mol. The summed E-state index contributed by atoms with van der Waals surface area (Å²) in [5.74, 6) is -3.23. The lowest BCUT2D eigenvalue weighted by Crippen LogP contribution is -2.42. The number of carboxylic acid groups (broad SMARTS) is 1. The molecule has 1 aromatic rings. The molecule has 0 saturated carbocycles. The van der Waals surface area contributed by atoms with Gasteiger partial charge in [-0.3, -0.25) is 4.79 Å². The predicted octanol–water partition coefficient (Wildman–Crippen LogP) is 1.35. The van der Waals surface area contributed by atoms with E-state index in [1.54, 1.807) is 33.8 Å². The van der Waals surface area contributed by atoms with Crippen LogP contribution in [0.1, 0.15) is 38.1 Å². The summed E-state index contributed by atoms with van der Waals surface area (Å²) in [5.41, 5.74) is -0.0820. The molecule has 1 N–H and O–H groups in total. The van der Waals surface area contributed by atoms with Gasteiger partial charge in [-0.15, -0.1) is 0 Å². The van der Waals surface area contributed by atoms with E-state index >= 15 is 0 Å². The summed E-state index contributed by atoms with van der Waals surface area (Å²) in [6.45, 7) is 7.07. The van der Waals surface area contributed by atoms with Crippen molar-refractivity contribution in [3.05, 3.63) is 23.8 Å². The van der Waals surface area contributed by atoms with Gasteiger partial charge in [0.05, 0.1) is 12.2 Å². The molecule has 0 bridgehead atoms. The molecule has 2 rings (SSSR count). The zero-order valence-corrected chi connectivity index (χ0v) is 15.3. The fraction of sp³-hybridized carbons (Fsp3) is 0.471. The molecule has 1 aromatic carbocycles. The van der Waals surface area contributed by atoms with Gasteiger partial charge in [-0.05, 0) is 39.8 Å². The number of hydrogen-bond acceptors (Lipinski definition) is 8. The maximum absolute atomic E-state index is 12.8. The molecule has 27 heavy (non-hydrogen) atoms. The van der Waals surface area contributed by atoms with Crippen LogP contribution in [0.3, 0.4) is 0 Å². The smallest absolute Gasteiger partial charge is 0.509 e. The summed E-state index contributed by atoms with van der Waals surface area (Å²) >= 11 is 0. The molecule has 0 aromatic heterocycles. The summed E-state index contributed by atoms with van der Waals surface area (Å²) in [4.78, 5) is 35.8. The van der Waals surface area contributed by atoms with Crippen LogP contribution in [0.5, 0.6) is 11.5 Å². The highest BCUT2D eigenvalue weighted by Crippen LogP contribution is 2.31. The molecule has 10 heteroatoms. The number of esters is 1. The number of carboxylic acids is 1. The second-order valence-corrected chi connectivity index (χ2v) is 6.22. The molecule has 1 aliphatic heterocycles. The van der Waals surface area contributed by atoms with Crippen molar-refractivity contribution in [1.82, 2.24) is 0 Å². The monoisotopic (exact) mass is 379 g/mol. The first-order valence-electron chi connectivity index (χ1n) is 8.28. The lowest BCUT2D eigenvalue weighted by Gasteiger charge is -2.21. The van der Waals surface area contributed by atoms with E-state index in [0.717, 1.165) is 0 Å². The molecule has 0 aliphatic carbocycles. The number of aliphatic carboxylic acids is 1. The Morgan fingerprint density at radius 3 is 2.07 bits per heavy atom. The highest BCUT2D eigenvalue weighted by atomic mass is 16.7. The van der Waals surface area contributed by atoms with Gasteiger partial charge in [-0.1, -0.05) is 6.07 Å². The molecular formula is C17H20BO9. The molecule has 1 aliphatic rings. The van der Waals surface area contributed by atoms with Gasteiger partial charge in [0.25, 0.3) is 0 Å². The Kier molecular flexibility index (Phi) is 6.67. The second-order valence-electron chi connectivity index (χ2n) is 6.22. The summed E-state index contributed by atoms with van der Waals surface area (Å²) in [6.07, 6.45) is -4.02. The Bertz CT molecular complexity index is 688. The topological polar surface area (TPSA) is 118 Å². The van der Waals surface area contributed by atoms with Crippen LogP contribution in [0.4, 0.5) is 0 Å². The Labute approximate surface area is 156 Å². The first-order chi connectivity index (χ1) is 12.7. The van der Waals surface area contributed by atoms with Crippen LogP contribution >= 0.6 is 0 Å².